The molecule has 2 N–H and O–H groups in total. The van der Waals surface area contributed by atoms with E-state index in [0.29, 0.717) is 11.3 Å². The van der Waals surface area contributed by atoms with Crippen molar-refractivity contribution in [1.29, 1.82) is 0 Å². The third kappa shape index (κ3) is 4.23. The van der Waals surface area contributed by atoms with Crippen molar-refractivity contribution in [2.45, 2.75) is 19.9 Å². The van der Waals surface area contributed by atoms with Gasteiger partial charge < -0.3 is 29.3 Å². The highest BCUT2D eigenvalue weighted by Gasteiger charge is 2.32. The maximum Gasteiger partial charge on any atom is 0.379 e. The Morgan fingerprint density at radius 3 is 2.62 bits per heavy atom. The third-order valence-corrected chi connectivity index (χ3v) is 4.21. The Labute approximate surface area is 166 Å². The number of carbonyl (C=O) groups is 3. The number of rotatable bonds is 6. The van der Waals surface area contributed by atoms with Crippen molar-refractivity contribution >= 4 is 18.0 Å². The topological polar surface area (TPSA) is 116 Å². The number of hydrogen-bond donors (Lipinski definition) is 2. The minimum absolute atomic E-state index is 0.0462. The van der Waals surface area contributed by atoms with Crippen LogP contribution < -0.4 is 20.1 Å². The first-order valence-corrected chi connectivity index (χ1v) is 8.83. The van der Waals surface area contributed by atoms with E-state index in [9.17, 15) is 14.4 Å². The number of ether oxygens (including phenoxy) is 3. The molecule has 0 bridgehead atoms. The van der Waals surface area contributed by atoms with Crippen LogP contribution in [0.5, 0.6) is 11.5 Å². The van der Waals surface area contributed by atoms with E-state index in [-0.39, 0.29) is 29.4 Å². The third-order valence-electron chi connectivity index (χ3n) is 4.21. The Kier molecular flexibility index (Phi) is 5.87. The van der Waals surface area contributed by atoms with Gasteiger partial charge in [-0.3, -0.25) is 0 Å². The highest BCUT2D eigenvalue weighted by atomic mass is 16.6. The highest BCUT2D eigenvalue weighted by Crippen LogP contribution is 2.35. The summed E-state index contributed by atoms with van der Waals surface area (Å²) in [5, 5.41) is 5.27. The van der Waals surface area contributed by atoms with Gasteiger partial charge in [-0.15, -0.1) is 0 Å². The fourth-order valence-corrected chi connectivity index (χ4v) is 2.92. The largest absolute Gasteiger partial charge is 0.493 e. The van der Waals surface area contributed by atoms with Crippen LogP contribution in [0.1, 0.15) is 36.0 Å². The van der Waals surface area contributed by atoms with Crippen LogP contribution in [0, 0.1) is 0 Å². The summed E-state index contributed by atoms with van der Waals surface area (Å²) in [6, 6.07) is 6.56. The second kappa shape index (κ2) is 8.51. The number of amides is 2. The lowest BCUT2D eigenvalue weighted by Crippen LogP contribution is -2.45. The summed E-state index contributed by atoms with van der Waals surface area (Å²) in [5.74, 6) is -0.772. The minimum Gasteiger partial charge on any atom is -0.493 e. The van der Waals surface area contributed by atoms with Crippen molar-refractivity contribution in [1.82, 2.24) is 10.6 Å². The number of benzene rings is 1. The zero-order chi connectivity index (χ0) is 21.0. The second-order valence-electron chi connectivity index (χ2n) is 6.07. The van der Waals surface area contributed by atoms with E-state index in [1.807, 2.05) is 0 Å². The van der Waals surface area contributed by atoms with E-state index in [0.717, 1.165) is 0 Å². The van der Waals surface area contributed by atoms with Crippen LogP contribution in [0.3, 0.4) is 0 Å². The first kappa shape index (κ1) is 20.0. The van der Waals surface area contributed by atoms with E-state index in [1.165, 1.54) is 25.5 Å². The van der Waals surface area contributed by atoms with Crippen LogP contribution in [-0.4, -0.2) is 31.7 Å². The Hall–Kier alpha value is -3.75. The lowest BCUT2D eigenvalue weighted by Gasteiger charge is -2.28. The summed E-state index contributed by atoms with van der Waals surface area (Å²) < 4.78 is 20.8. The molecular weight excluding hydrogens is 380 g/mol. The number of urea groups is 1. The fraction of sp³-hybridized carbons (Fsp3) is 0.250. The molecule has 0 radical (unpaired) electrons. The molecule has 1 aliphatic rings. The number of furan rings is 1. The highest BCUT2D eigenvalue weighted by molar-refractivity contribution is 5.95. The normalized spacial score (nSPS) is 16.0. The molecule has 9 nitrogen and oxygen atoms in total. The molecular formula is C20H20N2O7. The van der Waals surface area contributed by atoms with E-state index < -0.39 is 24.0 Å². The SMILES string of the molecule is CCOC(=O)C1=C(C)NC(=O)NC1c1ccc(OC(=O)c2ccco2)c(OC)c1. The van der Waals surface area contributed by atoms with Crippen LogP contribution in [0.4, 0.5) is 4.79 Å². The summed E-state index contributed by atoms with van der Waals surface area (Å²) in [5.41, 5.74) is 1.22. The van der Waals surface area contributed by atoms with Crippen LogP contribution >= 0.6 is 0 Å². The number of hydrogen-bond acceptors (Lipinski definition) is 7. The Balaban J connectivity index is 1.93. The molecule has 152 valence electrons. The molecule has 1 aromatic carbocycles. The van der Waals surface area contributed by atoms with Gasteiger partial charge in [0.25, 0.3) is 0 Å². The van der Waals surface area contributed by atoms with Gasteiger partial charge in [-0.1, -0.05) is 6.07 Å². The van der Waals surface area contributed by atoms with Crippen molar-refractivity contribution < 1.29 is 33.0 Å². The monoisotopic (exact) mass is 400 g/mol. The zero-order valence-corrected chi connectivity index (χ0v) is 16.1. The summed E-state index contributed by atoms with van der Waals surface area (Å²) in [6.45, 7) is 3.51. The summed E-state index contributed by atoms with van der Waals surface area (Å²) in [7, 11) is 1.41. The van der Waals surface area contributed by atoms with Crippen LogP contribution in [0.15, 0.2) is 52.3 Å². The number of nitrogens with one attached hydrogen (secondary N) is 2. The predicted molar refractivity (Wildman–Crippen MR) is 100 cm³/mol. The summed E-state index contributed by atoms with van der Waals surface area (Å²) in [6.07, 6.45) is 1.36. The molecule has 1 aromatic heterocycles. The van der Waals surface area contributed by atoms with E-state index in [4.69, 9.17) is 18.6 Å². The number of allylic oxidation sites excluding steroid dienone is 1. The molecule has 0 spiro atoms. The van der Waals surface area contributed by atoms with E-state index in [2.05, 4.69) is 10.6 Å². The average Bonchev–Trinajstić information content (AvgIpc) is 3.22. The maximum atomic E-state index is 12.4. The molecule has 3 rings (SSSR count). The average molecular weight is 400 g/mol. The molecule has 1 unspecified atom stereocenters. The standard InChI is InChI=1S/C20H20N2O7/c1-4-27-19(24)16-11(2)21-20(25)22-17(16)12-7-8-13(15(10-12)26-3)29-18(23)14-6-5-9-28-14/h5-10,17H,4H2,1-3H3,(H2,21,22,25). The molecule has 0 fully saturated rings. The lowest BCUT2D eigenvalue weighted by atomic mass is 9.95. The molecule has 0 aliphatic carbocycles. The molecule has 0 saturated heterocycles. The molecule has 2 heterocycles. The van der Waals surface area contributed by atoms with Gasteiger partial charge in [-0.05, 0) is 43.7 Å². The Morgan fingerprint density at radius 1 is 1.17 bits per heavy atom. The van der Waals surface area contributed by atoms with Crippen molar-refractivity contribution in [3.05, 3.63) is 59.2 Å². The van der Waals surface area contributed by atoms with Crippen LogP contribution in [0.25, 0.3) is 0 Å². The molecule has 9 heteroatoms. The maximum absolute atomic E-state index is 12.4. The van der Waals surface area contributed by atoms with Gasteiger partial charge in [0.05, 0.1) is 31.6 Å². The van der Waals surface area contributed by atoms with Crippen molar-refractivity contribution in [2.75, 3.05) is 13.7 Å². The summed E-state index contributed by atoms with van der Waals surface area (Å²) >= 11 is 0. The number of esters is 2. The Bertz CT molecular complexity index is 963. The molecule has 1 atom stereocenters. The zero-order valence-electron chi connectivity index (χ0n) is 16.1. The van der Waals surface area contributed by atoms with Gasteiger partial charge in [-0.2, -0.15) is 0 Å². The lowest BCUT2D eigenvalue weighted by molar-refractivity contribution is -0.139. The van der Waals surface area contributed by atoms with Gasteiger partial charge in [0, 0.05) is 5.70 Å². The van der Waals surface area contributed by atoms with Crippen molar-refractivity contribution in [2.24, 2.45) is 0 Å². The van der Waals surface area contributed by atoms with Crippen LogP contribution in [0.2, 0.25) is 0 Å². The number of carbonyl (C=O) groups excluding carboxylic acids is 3. The van der Waals surface area contributed by atoms with Gasteiger partial charge in [-0.25, -0.2) is 14.4 Å². The first-order valence-electron chi connectivity index (χ1n) is 8.83. The number of methoxy groups -OCH3 is 1. The molecule has 2 aromatic rings. The fourth-order valence-electron chi connectivity index (χ4n) is 2.92. The molecule has 29 heavy (non-hydrogen) atoms. The van der Waals surface area contributed by atoms with Crippen LogP contribution in [-0.2, 0) is 9.53 Å². The Morgan fingerprint density at radius 2 is 1.97 bits per heavy atom. The van der Waals surface area contributed by atoms with Gasteiger partial charge in [0.2, 0.25) is 5.76 Å². The summed E-state index contributed by atoms with van der Waals surface area (Å²) in [4.78, 5) is 36.5. The van der Waals surface area contributed by atoms with Gasteiger partial charge in [0.15, 0.2) is 11.5 Å². The van der Waals surface area contributed by atoms with E-state index in [1.54, 1.807) is 32.0 Å². The molecule has 0 saturated carbocycles. The smallest absolute Gasteiger partial charge is 0.379 e. The first-order chi connectivity index (χ1) is 13.9. The van der Waals surface area contributed by atoms with Crippen molar-refractivity contribution in [3.63, 3.8) is 0 Å². The molecule has 1 aliphatic heterocycles. The van der Waals surface area contributed by atoms with Crippen molar-refractivity contribution in [3.8, 4) is 11.5 Å². The predicted octanol–water partition coefficient (Wildman–Crippen LogP) is 2.70. The second-order valence-corrected chi connectivity index (χ2v) is 6.07. The van der Waals surface area contributed by atoms with Gasteiger partial charge in [0.1, 0.15) is 0 Å². The quantitative estimate of drug-likeness (QED) is 0.566. The molecule has 2 amide bonds. The minimum atomic E-state index is -0.758. The van der Waals surface area contributed by atoms with Gasteiger partial charge >= 0.3 is 18.0 Å². The van der Waals surface area contributed by atoms with E-state index >= 15 is 0 Å².